The van der Waals surface area contributed by atoms with E-state index >= 15 is 0 Å². The fourth-order valence-corrected chi connectivity index (χ4v) is 6.82. The molecule has 7 heteroatoms. The molecule has 194 valence electrons. The Morgan fingerprint density at radius 1 is 0.946 bits per heavy atom. The van der Waals surface area contributed by atoms with E-state index in [0.29, 0.717) is 18.4 Å². The van der Waals surface area contributed by atoms with Gasteiger partial charge < -0.3 is 5.11 Å². The largest absolute Gasteiger partial charge is 0.380 e. The Hall–Kier alpha value is -3.13. The van der Waals surface area contributed by atoms with Crippen LogP contribution in [0.1, 0.15) is 47.7 Å². The lowest BCUT2D eigenvalue weighted by molar-refractivity contribution is -0.148. The first-order valence-electron chi connectivity index (χ1n) is 12.6. The van der Waals surface area contributed by atoms with Crippen molar-refractivity contribution in [2.45, 2.75) is 56.1 Å². The second-order valence-corrected chi connectivity index (χ2v) is 11.8. The molecule has 0 spiro atoms. The third-order valence-electron chi connectivity index (χ3n) is 7.41. The molecule has 3 aromatic carbocycles. The quantitative estimate of drug-likeness (QED) is 0.417. The van der Waals surface area contributed by atoms with Crippen LogP contribution in [0.15, 0.2) is 89.8 Å². The first-order valence-corrected chi connectivity index (χ1v) is 14.0. The van der Waals surface area contributed by atoms with Crippen LogP contribution in [-0.4, -0.2) is 47.6 Å². The number of sulfonamides is 1. The monoisotopic (exact) mass is 519 g/mol. The highest BCUT2D eigenvalue weighted by Gasteiger charge is 2.52. The maximum absolute atomic E-state index is 13.8. The molecule has 1 saturated heterocycles. The molecule has 4 rings (SSSR count). The molecule has 37 heavy (non-hydrogen) atoms. The molecular weight excluding hydrogens is 486 g/mol. The molecule has 0 unspecified atom stereocenters. The fourth-order valence-electron chi connectivity index (χ4n) is 5.12. The summed E-state index contributed by atoms with van der Waals surface area (Å²) in [6.07, 6.45) is 1.29. The SMILES string of the molecule is CC(=O)[C@]1(O)CN(S(=O)(=O)c2ccc(C)cc2)[C@H](CCc2ccccc2)C[C@H]1CC(=O)c1ccccc1. The molecule has 3 aromatic rings. The maximum Gasteiger partial charge on any atom is 0.243 e. The summed E-state index contributed by atoms with van der Waals surface area (Å²) in [6.45, 7) is 2.76. The number of carbonyl (C=O) groups excluding carboxylic acids is 2. The van der Waals surface area contributed by atoms with Crippen molar-refractivity contribution in [3.63, 3.8) is 0 Å². The number of ketones is 2. The lowest BCUT2D eigenvalue weighted by atomic mass is 9.73. The van der Waals surface area contributed by atoms with Gasteiger partial charge in [-0.25, -0.2) is 8.42 Å². The molecule has 0 aliphatic carbocycles. The molecule has 1 fully saturated rings. The number of β-amino-alcohol motifs (C(OH)–C–C–N with tert-alkyl or cyclic N) is 1. The number of nitrogens with zero attached hydrogens (tertiary/aromatic N) is 1. The van der Waals surface area contributed by atoms with Crippen molar-refractivity contribution in [3.05, 3.63) is 102 Å². The van der Waals surface area contributed by atoms with Gasteiger partial charge in [0.2, 0.25) is 10.0 Å². The summed E-state index contributed by atoms with van der Waals surface area (Å²) in [6, 6.07) is 24.6. The van der Waals surface area contributed by atoms with E-state index in [1.165, 1.54) is 11.2 Å². The molecule has 0 bridgehead atoms. The number of aryl methyl sites for hydroxylation is 2. The number of carbonyl (C=O) groups is 2. The Bertz CT molecular complexity index is 1340. The van der Waals surface area contributed by atoms with Crippen LogP contribution < -0.4 is 0 Å². The van der Waals surface area contributed by atoms with Crippen molar-refractivity contribution in [2.24, 2.45) is 5.92 Å². The molecule has 3 atom stereocenters. The average Bonchev–Trinajstić information content (AvgIpc) is 2.90. The van der Waals surface area contributed by atoms with Crippen molar-refractivity contribution in [2.75, 3.05) is 6.54 Å². The van der Waals surface area contributed by atoms with E-state index in [1.54, 1.807) is 48.5 Å². The van der Waals surface area contributed by atoms with Gasteiger partial charge in [-0.3, -0.25) is 9.59 Å². The first-order chi connectivity index (χ1) is 17.6. The summed E-state index contributed by atoms with van der Waals surface area (Å²) < 4.78 is 28.9. The van der Waals surface area contributed by atoms with E-state index in [9.17, 15) is 23.1 Å². The minimum absolute atomic E-state index is 0.0413. The van der Waals surface area contributed by atoms with Crippen LogP contribution in [0.25, 0.3) is 0 Å². The Balaban J connectivity index is 1.69. The molecule has 0 radical (unpaired) electrons. The highest BCUT2D eigenvalue weighted by atomic mass is 32.2. The topological polar surface area (TPSA) is 91.8 Å². The third kappa shape index (κ3) is 5.90. The summed E-state index contributed by atoms with van der Waals surface area (Å²) >= 11 is 0. The van der Waals surface area contributed by atoms with Crippen LogP contribution in [0, 0.1) is 12.8 Å². The highest BCUT2D eigenvalue weighted by molar-refractivity contribution is 7.89. The molecule has 1 aliphatic heterocycles. The van der Waals surface area contributed by atoms with Crippen LogP contribution in [-0.2, 0) is 21.2 Å². The number of rotatable bonds is 9. The Morgan fingerprint density at radius 2 is 1.54 bits per heavy atom. The fraction of sp³-hybridized carbons (Fsp3) is 0.333. The van der Waals surface area contributed by atoms with Crippen molar-refractivity contribution in [1.82, 2.24) is 4.31 Å². The van der Waals surface area contributed by atoms with Crippen LogP contribution in [0.5, 0.6) is 0 Å². The van der Waals surface area contributed by atoms with Crippen LogP contribution >= 0.6 is 0 Å². The predicted molar refractivity (Wildman–Crippen MR) is 143 cm³/mol. The Kier molecular flexibility index (Phi) is 8.07. The van der Waals surface area contributed by atoms with Gasteiger partial charge in [0.05, 0.1) is 11.4 Å². The lowest BCUT2D eigenvalue weighted by Gasteiger charge is -2.47. The number of hydrogen-bond donors (Lipinski definition) is 1. The molecule has 0 aromatic heterocycles. The van der Waals surface area contributed by atoms with Gasteiger partial charge in [0, 0.05) is 23.9 Å². The number of hydrogen-bond acceptors (Lipinski definition) is 5. The van der Waals surface area contributed by atoms with Gasteiger partial charge in [0.15, 0.2) is 11.6 Å². The second-order valence-electron chi connectivity index (χ2n) is 9.95. The van der Waals surface area contributed by atoms with Crippen LogP contribution in [0.4, 0.5) is 0 Å². The summed E-state index contributed by atoms with van der Waals surface area (Å²) in [7, 11) is -4.00. The number of piperidine rings is 1. The number of benzene rings is 3. The highest BCUT2D eigenvalue weighted by Crippen LogP contribution is 2.39. The van der Waals surface area contributed by atoms with Gasteiger partial charge in [0.25, 0.3) is 0 Å². The molecule has 6 nitrogen and oxygen atoms in total. The van der Waals surface area contributed by atoms with Crippen molar-refractivity contribution < 1.29 is 23.1 Å². The smallest absolute Gasteiger partial charge is 0.243 e. The Morgan fingerprint density at radius 3 is 2.14 bits per heavy atom. The molecule has 1 aliphatic rings. The van der Waals surface area contributed by atoms with Crippen molar-refractivity contribution in [3.8, 4) is 0 Å². The van der Waals surface area contributed by atoms with E-state index in [1.807, 2.05) is 43.3 Å². The van der Waals surface area contributed by atoms with E-state index < -0.39 is 33.4 Å². The van der Waals surface area contributed by atoms with E-state index in [-0.39, 0.29) is 30.1 Å². The third-order valence-corrected chi connectivity index (χ3v) is 9.32. The Labute approximate surface area is 219 Å². The molecular formula is C30H33NO5S. The number of aliphatic hydroxyl groups is 1. The van der Waals surface area contributed by atoms with E-state index in [2.05, 4.69) is 0 Å². The predicted octanol–water partition coefficient (Wildman–Crippen LogP) is 4.60. The van der Waals surface area contributed by atoms with Crippen LogP contribution in [0.3, 0.4) is 0 Å². The van der Waals surface area contributed by atoms with Gasteiger partial charge in [0.1, 0.15) is 5.60 Å². The standard InChI is InChI=1S/C30H33NO5S/c1-22-13-17-28(18-14-22)37(35,36)31-21-30(34,23(2)32)26(20-29(33)25-11-7-4-8-12-25)19-27(31)16-15-24-9-5-3-6-10-24/h3-14,17-18,26-27,34H,15-16,19-21H2,1-2H3/t26-,27+,30+/m0/s1. The minimum Gasteiger partial charge on any atom is -0.380 e. The normalized spacial score (nSPS) is 22.5. The van der Waals surface area contributed by atoms with Crippen molar-refractivity contribution >= 4 is 21.6 Å². The summed E-state index contributed by atoms with van der Waals surface area (Å²) in [5, 5.41) is 11.6. The van der Waals surface area contributed by atoms with Gasteiger partial charge >= 0.3 is 0 Å². The first kappa shape index (κ1) is 26.9. The van der Waals surface area contributed by atoms with E-state index in [0.717, 1.165) is 11.1 Å². The maximum atomic E-state index is 13.8. The van der Waals surface area contributed by atoms with Gasteiger partial charge in [-0.05, 0) is 50.8 Å². The lowest BCUT2D eigenvalue weighted by Crippen LogP contribution is -2.62. The average molecular weight is 520 g/mol. The van der Waals surface area contributed by atoms with Gasteiger partial charge in [-0.15, -0.1) is 0 Å². The van der Waals surface area contributed by atoms with Gasteiger partial charge in [-0.2, -0.15) is 4.31 Å². The summed E-state index contributed by atoms with van der Waals surface area (Å²) in [5.74, 6) is -1.42. The van der Waals surface area contributed by atoms with Gasteiger partial charge in [-0.1, -0.05) is 78.4 Å². The zero-order valence-electron chi connectivity index (χ0n) is 21.2. The summed E-state index contributed by atoms with van der Waals surface area (Å²) in [5.41, 5.74) is 0.534. The zero-order chi connectivity index (χ0) is 26.6. The second kappa shape index (κ2) is 11.1. The van der Waals surface area contributed by atoms with Crippen molar-refractivity contribution in [1.29, 1.82) is 0 Å². The zero-order valence-corrected chi connectivity index (χ0v) is 22.0. The molecule has 1 N–H and O–H groups in total. The minimum atomic E-state index is -4.00. The van der Waals surface area contributed by atoms with E-state index in [4.69, 9.17) is 0 Å². The molecule has 1 heterocycles. The number of Topliss-reactive ketones (excluding diaryl/α,β-unsaturated/α-hetero) is 2. The molecule has 0 amide bonds. The molecule has 0 saturated carbocycles. The van der Waals surface area contributed by atoms with Crippen LogP contribution in [0.2, 0.25) is 0 Å². The summed E-state index contributed by atoms with van der Waals surface area (Å²) in [4.78, 5) is 26.0.